The van der Waals surface area contributed by atoms with Gasteiger partial charge < -0.3 is 0 Å². The number of hydrogen-bond acceptors (Lipinski definition) is 3. The number of pyridine rings is 1. The monoisotopic (exact) mass is 260 g/mol. The van der Waals surface area contributed by atoms with Gasteiger partial charge in [-0.1, -0.05) is 11.6 Å². The lowest BCUT2D eigenvalue weighted by Gasteiger charge is -2.07. The summed E-state index contributed by atoms with van der Waals surface area (Å²) in [5.41, 5.74) is 1.23. The van der Waals surface area contributed by atoms with E-state index < -0.39 is 10.0 Å². The summed E-state index contributed by atoms with van der Waals surface area (Å²) in [4.78, 5) is 3.90. The average Bonchev–Trinajstić information content (AvgIpc) is 2.94. The molecule has 88 valence electrons. The molecule has 0 spiro atoms. The molecule has 2 rings (SSSR count). The van der Waals surface area contributed by atoms with E-state index in [1.54, 1.807) is 13.0 Å². The van der Waals surface area contributed by atoms with Gasteiger partial charge in [0.25, 0.3) is 0 Å². The molecule has 16 heavy (non-hydrogen) atoms. The van der Waals surface area contributed by atoms with Crippen molar-refractivity contribution in [3.63, 3.8) is 0 Å². The zero-order valence-corrected chi connectivity index (χ0v) is 10.5. The molecule has 0 atom stereocenters. The van der Waals surface area contributed by atoms with E-state index in [2.05, 4.69) is 9.71 Å². The summed E-state index contributed by atoms with van der Waals surface area (Å²) >= 11 is 5.76. The minimum absolute atomic E-state index is 0.203. The molecule has 0 amide bonds. The molecular formula is C10H13ClN2O2S. The van der Waals surface area contributed by atoms with Gasteiger partial charge in [-0.25, -0.2) is 13.4 Å². The van der Waals surface area contributed by atoms with Crippen molar-refractivity contribution in [2.45, 2.75) is 19.8 Å². The summed E-state index contributed by atoms with van der Waals surface area (Å²) < 4.78 is 25.9. The Labute approximate surface area is 100 Å². The fourth-order valence-corrected chi connectivity index (χ4v) is 3.04. The molecule has 1 aromatic heterocycles. The highest BCUT2D eigenvalue weighted by atomic mass is 35.5. The Balaban J connectivity index is 2.10. The third-order valence-corrected chi connectivity index (χ3v) is 4.29. The Morgan fingerprint density at radius 3 is 2.81 bits per heavy atom. The zero-order chi connectivity index (χ0) is 11.8. The van der Waals surface area contributed by atoms with Crippen LogP contribution in [0.1, 0.15) is 18.4 Å². The number of halogens is 1. The first-order valence-corrected chi connectivity index (χ1v) is 7.12. The van der Waals surface area contributed by atoms with E-state index >= 15 is 0 Å². The fraction of sp³-hybridized carbons (Fsp3) is 0.500. The SMILES string of the molecule is Cc1cc(NS(=O)(=O)CC2CC2)cnc1Cl. The van der Waals surface area contributed by atoms with Crippen molar-refractivity contribution in [1.29, 1.82) is 0 Å². The van der Waals surface area contributed by atoms with Crippen molar-refractivity contribution in [2.24, 2.45) is 5.92 Å². The van der Waals surface area contributed by atoms with Crippen LogP contribution >= 0.6 is 11.6 Å². The molecule has 1 fully saturated rings. The lowest BCUT2D eigenvalue weighted by molar-refractivity contribution is 0.597. The molecule has 1 N–H and O–H groups in total. The van der Waals surface area contributed by atoms with E-state index in [0.717, 1.165) is 18.4 Å². The number of sulfonamides is 1. The lowest BCUT2D eigenvalue weighted by atomic mass is 10.3. The maximum Gasteiger partial charge on any atom is 0.233 e. The number of nitrogens with one attached hydrogen (secondary N) is 1. The second-order valence-corrected chi connectivity index (χ2v) is 6.28. The summed E-state index contributed by atoms with van der Waals surface area (Å²) in [6.07, 6.45) is 3.46. The van der Waals surface area contributed by atoms with Crippen molar-refractivity contribution in [3.05, 3.63) is 23.0 Å². The molecule has 6 heteroatoms. The van der Waals surface area contributed by atoms with E-state index in [0.29, 0.717) is 16.8 Å². The smallest absolute Gasteiger partial charge is 0.233 e. The van der Waals surface area contributed by atoms with E-state index in [1.165, 1.54) is 6.20 Å². The van der Waals surface area contributed by atoms with Crippen molar-refractivity contribution in [2.75, 3.05) is 10.5 Å². The quantitative estimate of drug-likeness (QED) is 0.845. The lowest BCUT2D eigenvalue weighted by Crippen LogP contribution is -2.18. The third-order valence-electron chi connectivity index (χ3n) is 2.44. The molecule has 0 aromatic carbocycles. The van der Waals surface area contributed by atoms with Crippen molar-refractivity contribution in [1.82, 2.24) is 4.98 Å². The summed E-state index contributed by atoms with van der Waals surface area (Å²) in [6, 6.07) is 1.68. The molecule has 1 heterocycles. The van der Waals surface area contributed by atoms with Gasteiger partial charge in [-0.05, 0) is 37.3 Å². The minimum Gasteiger partial charge on any atom is -0.282 e. The van der Waals surface area contributed by atoms with Crippen LogP contribution in [0.5, 0.6) is 0 Å². The van der Waals surface area contributed by atoms with Gasteiger partial charge in [0.2, 0.25) is 10.0 Å². The zero-order valence-electron chi connectivity index (χ0n) is 8.90. The number of aryl methyl sites for hydroxylation is 1. The molecule has 0 aliphatic heterocycles. The van der Waals surface area contributed by atoms with E-state index in [4.69, 9.17) is 11.6 Å². The third kappa shape index (κ3) is 3.09. The van der Waals surface area contributed by atoms with E-state index in [9.17, 15) is 8.42 Å². The average molecular weight is 261 g/mol. The number of hydrogen-bond donors (Lipinski definition) is 1. The van der Waals surface area contributed by atoms with Crippen molar-refractivity contribution in [3.8, 4) is 0 Å². The predicted octanol–water partition coefficient (Wildman–Crippen LogP) is 2.20. The fourth-order valence-electron chi connectivity index (χ4n) is 1.43. The highest BCUT2D eigenvalue weighted by Crippen LogP contribution is 2.30. The Morgan fingerprint density at radius 1 is 1.56 bits per heavy atom. The minimum atomic E-state index is -3.23. The van der Waals surface area contributed by atoms with Crippen LogP contribution in [0.4, 0.5) is 5.69 Å². The van der Waals surface area contributed by atoms with Gasteiger partial charge in [0.05, 0.1) is 17.6 Å². The van der Waals surface area contributed by atoms with Gasteiger partial charge in [-0.2, -0.15) is 0 Å². The van der Waals surface area contributed by atoms with Crippen LogP contribution in [0.3, 0.4) is 0 Å². The Kier molecular flexibility index (Phi) is 3.08. The van der Waals surface area contributed by atoms with E-state index in [1.807, 2.05) is 0 Å². The maximum atomic E-state index is 11.7. The van der Waals surface area contributed by atoms with Gasteiger partial charge in [0.1, 0.15) is 5.15 Å². The number of aromatic nitrogens is 1. The van der Waals surface area contributed by atoms with Gasteiger partial charge >= 0.3 is 0 Å². The molecule has 1 aliphatic rings. The van der Waals surface area contributed by atoms with Crippen LogP contribution in [-0.2, 0) is 10.0 Å². The molecule has 4 nitrogen and oxygen atoms in total. The van der Waals surface area contributed by atoms with Crippen LogP contribution in [0, 0.1) is 12.8 Å². The molecule has 0 radical (unpaired) electrons. The second kappa shape index (κ2) is 4.22. The molecule has 1 saturated carbocycles. The van der Waals surface area contributed by atoms with E-state index in [-0.39, 0.29) is 5.75 Å². The van der Waals surface area contributed by atoms with Crippen LogP contribution in [0.2, 0.25) is 5.15 Å². The highest BCUT2D eigenvalue weighted by Gasteiger charge is 2.28. The first kappa shape index (κ1) is 11.7. The Hall–Kier alpha value is -0.810. The second-order valence-electron chi connectivity index (χ2n) is 4.16. The molecule has 0 saturated heterocycles. The van der Waals surface area contributed by atoms with Crippen molar-refractivity contribution >= 4 is 27.3 Å². The van der Waals surface area contributed by atoms with Gasteiger partial charge in [0, 0.05) is 0 Å². The summed E-state index contributed by atoms with van der Waals surface area (Å²) in [5.74, 6) is 0.535. The number of nitrogens with zero attached hydrogens (tertiary/aromatic N) is 1. The predicted molar refractivity (Wildman–Crippen MR) is 64.1 cm³/mol. The highest BCUT2D eigenvalue weighted by molar-refractivity contribution is 7.92. The maximum absolute atomic E-state index is 11.7. The summed E-state index contributed by atoms with van der Waals surface area (Å²) in [6.45, 7) is 1.79. The van der Waals surface area contributed by atoms with Gasteiger partial charge in [0.15, 0.2) is 0 Å². The molecular weight excluding hydrogens is 248 g/mol. The first-order chi connectivity index (χ1) is 7.46. The number of anilines is 1. The largest absolute Gasteiger partial charge is 0.282 e. The first-order valence-electron chi connectivity index (χ1n) is 5.09. The van der Waals surface area contributed by atoms with Gasteiger partial charge in [-0.15, -0.1) is 0 Å². The van der Waals surface area contributed by atoms with Crippen LogP contribution in [-0.4, -0.2) is 19.2 Å². The molecule has 1 aliphatic carbocycles. The number of rotatable bonds is 4. The molecule has 0 bridgehead atoms. The van der Waals surface area contributed by atoms with Crippen LogP contribution in [0.15, 0.2) is 12.3 Å². The molecule has 0 unspecified atom stereocenters. The van der Waals surface area contributed by atoms with Crippen molar-refractivity contribution < 1.29 is 8.42 Å². The van der Waals surface area contributed by atoms with Gasteiger partial charge in [-0.3, -0.25) is 4.72 Å². The Morgan fingerprint density at radius 2 is 2.25 bits per heavy atom. The topological polar surface area (TPSA) is 59.1 Å². The normalized spacial score (nSPS) is 16.1. The van der Waals surface area contributed by atoms with Crippen LogP contribution < -0.4 is 4.72 Å². The summed E-state index contributed by atoms with van der Waals surface area (Å²) in [5, 5.41) is 0.394. The van der Waals surface area contributed by atoms with Crippen LogP contribution in [0.25, 0.3) is 0 Å². The standard InChI is InChI=1S/C10H13ClN2O2S/c1-7-4-9(5-12-10(7)11)13-16(14,15)6-8-2-3-8/h4-5,8,13H,2-3,6H2,1H3. The summed E-state index contributed by atoms with van der Waals surface area (Å²) in [7, 11) is -3.23. The molecule has 1 aromatic rings. The Bertz CT molecular complexity index is 498.